The normalized spacial score (nSPS) is 12.2. The third-order valence-electron chi connectivity index (χ3n) is 1.45. The van der Waals surface area contributed by atoms with Gasteiger partial charge in [-0.15, -0.1) is 5.10 Å². The fraction of sp³-hybridized carbons (Fsp3) is 0.600. The van der Waals surface area contributed by atoms with Crippen LogP contribution < -0.4 is 0 Å². The molecule has 1 rings (SSSR count). The van der Waals surface area contributed by atoms with Crippen LogP contribution in [0.1, 0.15) is 11.7 Å². The predicted molar refractivity (Wildman–Crippen MR) is 40.0 cm³/mol. The minimum atomic E-state index is -0.602. The molecule has 0 radical (unpaired) electrons. The van der Waals surface area contributed by atoms with Crippen LogP contribution in [0.5, 0.6) is 0 Å². The van der Waals surface area contributed by atoms with Crippen LogP contribution in [0.25, 0.3) is 10.4 Å². The molecule has 0 aliphatic carbocycles. The largest absolute Gasteiger partial charge is 0.396 e. The van der Waals surface area contributed by atoms with Gasteiger partial charge >= 0.3 is 0 Å². The molecule has 64 valence electrons. The van der Waals surface area contributed by atoms with Crippen molar-refractivity contribution >= 4 is 0 Å². The van der Waals surface area contributed by atoms with Crippen LogP contribution in [0.15, 0.2) is 11.3 Å². The van der Waals surface area contributed by atoms with Crippen molar-refractivity contribution in [1.29, 1.82) is 0 Å². The van der Waals surface area contributed by atoms with E-state index in [4.69, 9.17) is 10.6 Å². The second-order valence-corrected chi connectivity index (χ2v) is 2.19. The van der Waals surface area contributed by atoms with Gasteiger partial charge in [-0.05, 0) is 5.53 Å². The van der Waals surface area contributed by atoms with Gasteiger partial charge in [-0.25, -0.2) is 0 Å². The summed E-state index contributed by atoms with van der Waals surface area (Å²) < 4.78 is 1.45. The Morgan fingerprint density at radius 1 is 1.92 bits per heavy atom. The van der Waals surface area contributed by atoms with Gasteiger partial charge in [0.1, 0.15) is 6.04 Å². The highest BCUT2D eigenvalue weighted by molar-refractivity contribution is 5.01. The lowest BCUT2D eigenvalue weighted by Gasteiger charge is -2.05. The van der Waals surface area contributed by atoms with E-state index in [0.29, 0.717) is 5.69 Å². The molecule has 0 bridgehead atoms. The Morgan fingerprint density at radius 3 is 3.08 bits per heavy atom. The number of azide groups is 1. The highest BCUT2D eigenvalue weighted by atomic mass is 16.3. The van der Waals surface area contributed by atoms with E-state index in [-0.39, 0.29) is 6.61 Å². The number of hydrogen-bond donors (Lipinski definition) is 1. The van der Waals surface area contributed by atoms with Gasteiger partial charge in [0.25, 0.3) is 0 Å². The maximum Gasteiger partial charge on any atom is 0.104 e. The third-order valence-corrected chi connectivity index (χ3v) is 1.45. The van der Waals surface area contributed by atoms with Crippen molar-refractivity contribution in [2.24, 2.45) is 12.2 Å². The maximum absolute atomic E-state index is 8.82. The molecule has 0 aliphatic heterocycles. The summed E-state index contributed by atoms with van der Waals surface area (Å²) in [5.74, 6) is 0. The molecule has 0 aromatic carbocycles. The first-order valence-electron chi connectivity index (χ1n) is 3.29. The SMILES string of the molecule is Cn1nncc1C(CO)N=[N+]=[N-]. The second-order valence-electron chi connectivity index (χ2n) is 2.19. The lowest BCUT2D eigenvalue weighted by Crippen LogP contribution is -2.06. The van der Waals surface area contributed by atoms with E-state index in [1.807, 2.05) is 0 Å². The molecule has 12 heavy (non-hydrogen) atoms. The van der Waals surface area contributed by atoms with Gasteiger partial charge in [0, 0.05) is 12.0 Å². The highest BCUT2D eigenvalue weighted by Gasteiger charge is 2.11. The first-order chi connectivity index (χ1) is 5.79. The molecule has 7 heteroatoms. The number of rotatable bonds is 3. The summed E-state index contributed by atoms with van der Waals surface area (Å²) >= 11 is 0. The van der Waals surface area contributed by atoms with Crippen molar-refractivity contribution in [3.8, 4) is 0 Å². The molecule has 0 aliphatic rings. The minimum absolute atomic E-state index is 0.245. The Balaban J connectivity index is 2.93. The molecule has 0 spiro atoms. The zero-order valence-corrected chi connectivity index (χ0v) is 6.49. The van der Waals surface area contributed by atoms with Crippen LogP contribution in [-0.4, -0.2) is 26.7 Å². The topological polar surface area (TPSA) is 99.7 Å². The molecule has 1 aromatic heterocycles. The number of nitrogens with zero attached hydrogens (tertiary/aromatic N) is 6. The van der Waals surface area contributed by atoms with Crippen molar-refractivity contribution in [3.63, 3.8) is 0 Å². The van der Waals surface area contributed by atoms with Crippen molar-refractivity contribution < 1.29 is 5.11 Å². The molecule has 1 atom stereocenters. The van der Waals surface area contributed by atoms with Gasteiger partial charge < -0.3 is 5.11 Å². The van der Waals surface area contributed by atoms with E-state index in [1.165, 1.54) is 10.9 Å². The van der Waals surface area contributed by atoms with Gasteiger partial charge in [-0.1, -0.05) is 10.3 Å². The maximum atomic E-state index is 8.82. The quantitative estimate of drug-likeness (QED) is 0.395. The number of hydrogen-bond acceptors (Lipinski definition) is 4. The average Bonchev–Trinajstić information content (AvgIpc) is 2.47. The van der Waals surface area contributed by atoms with Crippen molar-refractivity contribution in [3.05, 3.63) is 22.3 Å². The van der Waals surface area contributed by atoms with E-state index < -0.39 is 6.04 Å². The van der Waals surface area contributed by atoms with Gasteiger partial charge in [-0.2, -0.15) is 0 Å². The molecule has 1 aromatic rings. The van der Waals surface area contributed by atoms with Crippen LogP contribution in [-0.2, 0) is 7.05 Å². The minimum Gasteiger partial charge on any atom is -0.396 e. The van der Waals surface area contributed by atoms with Crippen LogP contribution >= 0.6 is 0 Å². The van der Waals surface area contributed by atoms with E-state index in [2.05, 4.69) is 20.3 Å². The molecule has 1 heterocycles. The summed E-state index contributed by atoms with van der Waals surface area (Å²) in [6.07, 6.45) is 1.45. The second kappa shape index (κ2) is 3.70. The summed E-state index contributed by atoms with van der Waals surface area (Å²) in [6.45, 7) is -0.245. The summed E-state index contributed by atoms with van der Waals surface area (Å²) in [4.78, 5) is 2.60. The van der Waals surface area contributed by atoms with Crippen LogP contribution in [0.3, 0.4) is 0 Å². The van der Waals surface area contributed by atoms with Gasteiger partial charge in [0.15, 0.2) is 0 Å². The molecule has 7 nitrogen and oxygen atoms in total. The zero-order chi connectivity index (χ0) is 8.97. The van der Waals surface area contributed by atoms with E-state index in [9.17, 15) is 0 Å². The molecule has 0 amide bonds. The first-order valence-corrected chi connectivity index (χ1v) is 3.29. The van der Waals surface area contributed by atoms with E-state index >= 15 is 0 Å². The van der Waals surface area contributed by atoms with Crippen molar-refractivity contribution in [1.82, 2.24) is 15.0 Å². The van der Waals surface area contributed by atoms with Gasteiger partial charge in [0.05, 0.1) is 18.5 Å². The summed E-state index contributed by atoms with van der Waals surface area (Å²) in [7, 11) is 1.66. The van der Waals surface area contributed by atoms with E-state index in [1.54, 1.807) is 7.05 Å². The summed E-state index contributed by atoms with van der Waals surface area (Å²) in [6, 6.07) is -0.602. The Kier molecular flexibility index (Phi) is 2.62. The highest BCUT2D eigenvalue weighted by Crippen LogP contribution is 2.13. The molecule has 0 saturated heterocycles. The number of aliphatic hydroxyl groups is 1. The third kappa shape index (κ3) is 1.52. The summed E-state index contributed by atoms with van der Waals surface area (Å²) in [5.41, 5.74) is 8.75. The number of aryl methyl sites for hydroxylation is 1. The lowest BCUT2D eigenvalue weighted by atomic mass is 10.2. The fourth-order valence-electron chi connectivity index (χ4n) is 0.851. The number of aromatic nitrogens is 3. The van der Waals surface area contributed by atoms with E-state index in [0.717, 1.165) is 0 Å². The molecule has 0 fully saturated rings. The van der Waals surface area contributed by atoms with Crippen LogP contribution in [0.2, 0.25) is 0 Å². The molecular formula is C5H8N6O. The predicted octanol–water partition coefficient (Wildman–Crippen LogP) is 0.159. The first kappa shape index (κ1) is 8.51. The van der Waals surface area contributed by atoms with Gasteiger partial charge in [-0.3, -0.25) is 4.68 Å². The standard InChI is InChI=1S/C5H8N6O/c1-11-5(2-7-10-11)4(3-12)8-9-6/h2,4,12H,3H2,1H3. The number of aliphatic hydroxyl groups excluding tert-OH is 1. The van der Waals surface area contributed by atoms with Crippen LogP contribution in [0, 0.1) is 0 Å². The van der Waals surface area contributed by atoms with Crippen LogP contribution in [0.4, 0.5) is 0 Å². The fourth-order valence-corrected chi connectivity index (χ4v) is 0.851. The van der Waals surface area contributed by atoms with Crippen molar-refractivity contribution in [2.45, 2.75) is 6.04 Å². The Labute approximate surface area is 68.2 Å². The summed E-state index contributed by atoms with van der Waals surface area (Å²) in [5, 5.41) is 19.4. The zero-order valence-electron chi connectivity index (χ0n) is 6.49. The average molecular weight is 168 g/mol. The monoisotopic (exact) mass is 168 g/mol. The Morgan fingerprint density at radius 2 is 2.67 bits per heavy atom. The smallest absolute Gasteiger partial charge is 0.104 e. The molecule has 1 unspecified atom stereocenters. The van der Waals surface area contributed by atoms with Crippen molar-refractivity contribution in [2.75, 3.05) is 6.61 Å². The Bertz CT molecular complexity index is 301. The molecular weight excluding hydrogens is 160 g/mol. The molecule has 0 saturated carbocycles. The molecule has 1 N–H and O–H groups in total. The Hall–Kier alpha value is -1.59. The van der Waals surface area contributed by atoms with Gasteiger partial charge in [0.2, 0.25) is 0 Å². The lowest BCUT2D eigenvalue weighted by molar-refractivity contribution is 0.263.